The fourth-order valence-corrected chi connectivity index (χ4v) is 0.895. The Labute approximate surface area is 93.8 Å². The summed E-state index contributed by atoms with van der Waals surface area (Å²) in [6.07, 6.45) is 1.74. The first-order valence-electron chi connectivity index (χ1n) is 3.53. The highest BCUT2D eigenvalue weighted by Gasteiger charge is 1.84. The van der Waals surface area contributed by atoms with Gasteiger partial charge in [0.1, 0.15) is 4.60 Å². The van der Waals surface area contributed by atoms with Crippen LogP contribution in [-0.4, -0.2) is 18.1 Å². The maximum atomic E-state index is 9.18. The van der Waals surface area contributed by atoms with Gasteiger partial charge in [0.2, 0.25) is 0 Å². The number of rotatable bonds is 2. The summed E-state index contributed by atoms with van der Waals surface area (Å²) in [6, 6.07) is 3.81. The van der Waals surface area contributed by atoms with E-state index in [0.29, 0.717) is 13.1 Å². The Balaban J connectivity index is 0.000000252. The van der Waals surface area contributed by atoms with Crippen molar-refractivity contribution < 1.29 is 9.53 Å². The highest BCUT2D eigenvalue weighted by molar-refractivity contribution is 9.11. The maximum absolute atomic E-state index is 9.18. The van der Waals surface area contributed by atoms with Gasteiger partial charge in [-0.25, -0.2) is 4.98 Å². The minimum Gasteiger partial charge on any atom is -0.468 e. The molecule has 3 nitrogen and oxygen atoms in total. The third kappa shape index (κ3) is 7.93. The van der Waals surface area contributed by atoms with Gasteiger partial charge in [0.05, 0.1) is 6.61 Å². The molecule has 0 amide bonds. The topological polar surface area (TPSA) is 39.2 Å². The minimum absolute atomic E-state index is 0.431. The lowest BCUT2D eigenvalue weighted by Gasteiger charge is -1.86. The molecule has 0 atom stereocenters. The Kier molecular flexibility index (Phi) is 7.93. The molecule has 0 N–H and O–H groups in total. The van der Waals surface area contributed by atoms with E-state index in [9.17, 15) is 4.79 Å². The standard InChI is InChI=1S/C5H3Br2N.C3H6O2/c6-4-1-2-5(7)8-3-4;1-2-5-3-4/h1-3H;3H,2H2,1H3. The molecule has 0 aliphatic rings. The molecule has 0 aliphatic carbocycles. The van der Waals surface area contributed by atoms with Crippen LogP contribution in [0, 0.1) is 0 Å². The van der Waals surface area contributed by atoms with Crippen molar-refractivity contribution in [2.45, 2.75) is 6.92 Å². The van der Waals surface area contributed by atoms with Crippen LogP contribution in [0.1, 0.15) is 6.92 Å². The second-order valence-electron chi connectivity index (χ2n) is 1.85. The zero-order valence-corrected chi connectivity index (χ0v) is 10.2. The molecule has 1 aromatic heterocycles. The number of hydrogen-bond acceptors (Lipinski definition) is 3. The Bertz CT molecular complexity index is 217. The van der Waals surface area contributed by atoms with Crippen molar-refractivity contribution >= 4 is 38.3 Å². The molecule has 1 aromatic rings. The van der Waals surface area contributed by atoms with Crippen molar-refractivity contribution in [2.75, 3.05) is 6.61 Å². The van der Waals surface area contributed by atoms with E-state index >= 15 is 0 Å². The predicted molar refractivity (Wildman–Crippen MR) is 57.3 cm³/mol. The van der Waals surface area contributed by atoms with Crippen molar-refractivity contribution in [3.8, 4) is 0 Å². The predicted octanol–water partition coefficient (Wildman–Crippen LogP) is 2.79. The van der Waals surface area contributed by atoms with Gasteiger partial charge in [-0.3, -0.25) is 4.79 Å². The summed E-state index contributed by atoms with van der Waals surface area (Å²) in [4.78, 5) is 13.1. The Hall–Kier alpha value is -0.420. The highest BCUT2D eigenvalue weighted by Crippen LogP contribution is 2.10. The van der Waals surface area contributed by atoms with E-state index in [1.165, 1.54) is 0 Å². The number of ether oxygens (including phenoxy) is 1. The lowest BCUT2D eigenvalue weighted by Crippen LogP contribution is -1.80. The van der Waals surface area contributed by atoms with Gasteiger partial charge in [-0.1, -0.05) is 0 Å². The smallest absolute Gasteiger partial charge is 0.293 e. The highest BCUT2D eigenvalue weighted by atomic mass is 79.9. The molecule has 0 bridgehead atoms. The molecule has 1 heterocycles. The molecule has 1 rings (SSSR count). The van der Waals surface area contributed by atoms with Crippen molar-refractivity contribution in [1.29, 1.82) is 0 Å². The Morgan fingerprint density at radius 2 is 2.23 bits per heavy atom. The first-order valence-corrected chi connectivity index (χ1v) is 5.11. The molecular formula is C8H9Br2NO2. The number of nitrogens with zero attached hydrogens (tertiary/aromatic N) is 1. The van der Waals surface area contributed by atoms with Crippen molar-refractivity contribution in [2.24, 2.45) is 0 Å². The fourth-order valence-electron chi connectivity index (χ4n) is 0.426. The molecule has 72 valence electrons. The molecule has 5 heteroatoms. The number of pyridine rings is 1. The SMILES string of the molecule is Brc1ccc(Br)nc1.CCOC=O. The summed E-state index contributed by atoms with van der Waals surface area (Å²) in [5, 5.41) is 0. The summed E-state index contributed by atoms with van der Waals surface area (Å²) in [5.74, 6) is 0. The minimum atomic E-state index is 0.431. The molecule has 13 heavy (non-hydrogen) atoms. The van der Waals surface area contributed by atoms with Crippen molar-refractivity contribution in [3.63, 3.8) is 0 Å². The van der Waals surface area contributed by atoms with Crippen LogP contribution >= 0.6 is 31.9 Å². The first kappa shape index (κ1) is 12.6. The monoisotopic (exact) mass is 309 g/mol. The van der Waals surface area contributed by atoms with Gasteiger partial charge in [0.15, 0.2) is 0 Å². The molecule has 0 saturated heterocycles. The third-order valence-corrected chi connectivity index (χ3v) is 1.86. The van der Waals surface area contributed by atoms with E-state index in [1.807, 2.05) is 12.1 Å². The zero-order valence-electron chi connectivity index (χ0n) is 7.04. The van der Waals surface area contributed by atoms with E-state index in [1.54, 1.807) is 13.1 Å². The molecule has 0 spiro atoms. The Morgan fingerprint density at radius 3 is 2.46 bits per heavy atom. The number of carbonyl (C=O) groups excluding carboxylic acids is 1. The van der Waals surface area contributed by atoms with Crippen LogP contribution in [0.3, 0.4) is 0 Å². The molecule has 0 aromatic carbocycles. The van der Waals surface area contributed by atoms with Crippen LogP contribution in [0.2, 0.25) is 0 Å². The summed E-state index contributed by atoms with van der Waals surface area (Å²) >= 11 is 6.48. The second-order valence-corrected chi connectivity index (χ2v) is 3.58. The van der Waals surface area contributed by atoms with Gasteiger partial charge in [-0.15, -0.1) is 0 Å². The van der Waals surface area contributed by atoms with Crippen LogP contribution in [0.25, 0.3) is 0 Å². The fraction of sp³-hybridized carbons (Fsp3) is 0.250. The zero-order chi connectivity index (χ0) is 10.1. The molecule has 0 unspecified atom stereocenters. The lowest BCUT2D eigenvalue weighted by molar-refractivity contribution is -0.128. The van der Waals surface area contributed by atoms with Gasteiger partial charge in [0.25, 0.3) is 6.47 Å². The van der Waals surface area contributed by atoms with E-state index in [2.05, 4.69) is 41.6 Å². The lowest BCUT2D eigenvalue weighted by atomic mass is 10.5. The van der Waals surface area contributed by atoms with Crippen molar-refractivity contribution in [3.05, 3.63) is 27.4 Å². The molecule has 0 aliphatic heterocycles. The Morgan fingerprint density at radius 1 is 1.54 bits per heavy atom. The van der Waals surface area contributed by atoms with Gasteiger partial charge in [-0.05, 0) is 50.9 Å². The first-order chi connectivity index (χ1) is 6.20. The molecule has 0 radical (unpaired) electrons. The van der Waals surface area contributed by atoms with E-state index in [4.69, 9.17) is 0 Å². The largest absolute Gasteiger partial charge is 0.468 e. The summed E-state index contributed by atoms with van der Waals surface area (Å²) < 4.78 is 6.02. The summed E-state index contributed by atoms with van der Waals surface area (Å²) in [6.45, 7) is 2.66. The van der Waals surface area contributed by atoms with Crippen LogP contribution < -0.4 is 0 Å². The van der Waals surface area contributed by atoms with Gasteiger partial charge >= 0.3 is 0 Å². The van der Waals surface area contributed by atoms with Crippen molar-refractivity contribution in [1.82, 2.24) is 4.98 Å². The van der Waals surface area contributed by atoms with Crippen LogP contribution in [-0.2, 0) is 9.53 Å². The van der Waals surface area contributed by atoms with E-state index in [-0.39, 0.29) is 0 Å². The summed E-state index contributed by atoms with van der Waals surface area (Å²) in [7, 11) is 0. The van der Waals surface area contributed by atoms with Crippen LogP contribution in [0.15, 0.2) is 27.4 Å². The van der Waals surface area contributed by atoms with Gasteiger partial charge in [-0.2, -0.15) is 0 Å². The van der Waals surface area contributed by atoms with E-state index in [0.717, 1.165) is 9.08 Å². The number of halogens is 2. The number of aromatic nitrogens is 1. The number of hydrogen-bond donors (Lipinski definition) is 0. The van der Waals surface area contributed by atoms with Gasteiger partial charge < -0.3 is 4.74 Å². The maximum Gasteiger partial charge on any atom is 0.293 e. The quantitative estimate of drug-likeness (QED) is 0.623. The number of carbonyl (C=O) groups is 1. The average Bonchev–Trinajstić information content (AvgIpc) is 2.13. The molecule has 0 saturated carbocycles. The molecular weight excluding hydrogens is 302 g/mol. The molecule has 0 fully saturated rings. The summed E-state index contributed by atoms with van der Waals surface area (Å²) in [5.41, 5.74) is 0. The van der Waals surface area contributed by atoms with Crippen LogP contribution in [0.5, 0.6) is 0 Å². The second kappa shape index (κ2) is 8.19. The van der Waals surface area contributed by atoms with E-state index < -0.39 is 0 Å². The third-order valence-electron chi connectivity index (χ3n) is 0.926. The van der Waals surface area contributed by atoms with Gasteiger partial charge in [0, 0.05) is 10.7 Å². The van der Waals surface area contributed by atoms with Crippen LogP contribution in [0.4, 0.5) is 0 Å². The average molecular weight is 311 g/mol. The normalized spacial score (nSPS) is 8.23.